The third kappa shape index (κ3) is 6.96. The largest absolute Gasteiger partial charge is 0.444 e. The lowest BCUT2D eigenvalue weighted by atomic mass is 10.2. The van der Waals surface area contributed by atoms with E-state index in [1.165, 1.54) is 0 Å². The Morgan fingerprint density at radius 1 is 1.33 bits per heavy atom. The van der Waals surface area contributed by atoms with Crippen LogP contribution in [0.4, 0.5) is 0 Å². The molecule has 24 heavy (non-hydrogen) atoms. The van der Waals surface area contributed by atoms with E-state index in [-0.39, 0.29) is 24.0 Å². The molecule has 0 radical (unpaired) electrons. The highest BCUT2D eigenvalue weighted by atomic mass is 127. The van der Waals surface area contributed by atoms with Gasteiger partial charge in [-0.15, -0.1) is 30.6 Å². The highest BCUT2D eigenvalue weighted by Gasteiger charge is 2.06. The molecule has 0 amide bonds. The maximum Gasteiger partial charge on any atom is 0.226 e. The standard InChI is InChI=1S/C17H22N4OS.HI/c1-3-10-23-11-9-19-17(18-2)20-12-15-13-22-16(21-15)14-7-5-4-6-8-14;/h3-8,13H,1,9-12H2,2H3,(H2,18,19,20);1H. The summed E-state index contributed by atoms with van der Waals surface area (Å²) < 4.78 is 5.52. The van der Waals surface area contributed by atoms with Crippen molar-refractivity contribution in [3.8, 4) is 11.5 Å². The van der Waals surface area contributed by atoms with E-state index >= 15 is 0 Å². The van der Waals surface area contributed by atoms with E-state index < -0.39 is 0 Å². The first kappa shape index (κ1) is 20.6. The van der Waals surface area contributed by atoms with Gasteiger partial charge >= 0.3 is 0 Å². The van der Waals surface area contributed by atoms with Gasteiger partial charge in [0, 0.05) is 30.7 Å². The maximum absolute atomic E-state index is 5.52. The van der Waals surface area contributed by atoms with Gasteiger partial charge in [-0.3, -0.25) is 4.99 Å². The van der Waals surface area contributed by atoms with Crippen molar-refractivity contribution in [3.05, 3.63) is 54.9 Å². The predicted octanol–water partition coefficient (Wildman–Crippen LogP) is 3.54. The Morgan fingerprint density at radius 2 is 2.12 bits per heavy atom. The lowest BCUT2D eigenvalue weighted by molar-refractivity contribution is 0.572. The van der Waals surface area contributed by atoms with Crippen molar-refractivity contribution in [2.24, 2.45) is 4.99 Å². The molecule has 0 spiro atoms. The van der Waals surface area contributed by atoms with Crippen LogP contribution in [0.2, 0.25) is 0 Å². The van der Waals surface area contributed by atoms with E-state index in [1.807, 2.05) is 48.2 Å². The molecule has 7 heteroatoms. The molecular formula is C17H23IN4OS. The third-order valence-electron chi connectivity index (χ3n) is 3.01. The monoisotopic (exact) mass is 458 g/mol. The van der Waals surface area contributed by atoms with E-state index in [4.69, 9.17) is 4.42 Å². The Balaban J connectivity index is 0.00000288. The number of aliphatic imine (C=N–C) groups is 1. The molecule has 0 aliphatic heterocycles. The second-order valence-electron chi connectivity index (χ2n) is 4.73. The number of benzene rings is 1. The highest BCUT2D eigenvalue weighted by molar-refractivity contribution is 14.0. The zero-order valence-electron chi connectivity index (χ0n) is 13.7. The summed E-state index contributed by atoms with van der Waals surface area (Å²) in [6.45, 7) is 5.12. The average molecular weight is 458 g/mol. The molecule has 0 aliphatic rings. The number of oxazole rings is 1. The fourth-order valence-corrected chi connectivity index (χ4v) is 2.48. The highest BCUT2D eigenvalue weighted by Crippen LogP contribution is 2.17. The summed E-state index contributed by atoms with van der Waals surface area (Å²) in [5.74, 6) is 3.36. The molecule has 0 saturated carbocycles. The maximum atomic E-state index is 5.52. The number of nitrogens with one attached hydrogen (secondary N) is 2. The molecule has 0 atom stereocenters. The van der Waals surface area contributed by atoms with Crippen LogP contribution in [0.5, 0.6) is 0 Å². The van der Waals surface area contributed by atoms with Crippen LogP contribution in [0, 0.1) is 0 Å². The molecule has 0 unspecified atom stereocenters. The minimum Gasteiger partial charge on any atom is -0.444 e. The molecule has 0 fully saturated rings. The lowest BCUT2D eigenvalue weighted by Gasteiger charge is -2.10. The van der Waals surface area contributed by atoms with Gasteiger partial charge in [0.05, 0.1) is 12.2 Å². The Labute approximate surface area is 164 Å². The van der Waals surface area contributed by atoms with E-state index in [1.54, 1.807) is 13.3 Å². The number of rotatable bonds is 8. The number of guanidine groups is 1. The van der Waals surface area contributed by atoms with Gasteiger partial charge in [0.2, 0.25) is 5.89 Å². The molecular weight excluding hydrogens is 435 g/mol. The number of thioether (sulfide) groups is 1. The Hall–Kier alpha value is -1.48. The van der Waals surface area contributed by atoms with Crippen molar-refractivity contribution in [2.45, 2.75) is 6.54 Å². The normalized spacial score (nSPS) is 10.8. The molecule has 1 aromatic heterocycles. The van der Waals surface area contributed by atoms with Gasteiger partial charge in [0.25, 0.3) is 0 Å². The predicted molar refractivity (Wildman–Crippen MR) is 113 cm³/mol. The molecule has 1 aromatic carbocycles. The summed E-state index contributed by atoms with van der Waals surface area (Å²) >= 11 is 1.83. The average Bonchev–Trinajstić information content (AvgIpc) is 3.07. The molecule has 5 nitrogen and oxygen atoms in total. The first-order valence-electron chi connectivity index (χ1n) is 7.46. The number of hydrogen-bond acceptors (Lipinski definition) is 4. The molecule has 1 heterocycles. The molecule has 130 valence electrons. The van der Waals surface area contributed by atoms with Crippen molar-refractivity contribution >= 4 is 41.7 Å². The zero-order chi connectivity index (χ0) is 16.3. The van der Waals surface area contributed by atoms with Gasteiger partial charge in [-0.1, -0.05) is 24.3 Å². The molecule has 0 aliphatic carbocycles. The Kier molecular flexibility index (Phi) is 10.3. The van der Waals surface area contributed by atoms with Crippen LogP contribution in [0.3, 0.4) is 0 Å². The summed E-state index contributed by atoms with van der Waals surface area (Å²) in [6, 6.07) is 9.86. The van der Waals surface area contributed by atoms with Crippen molar-refractivity contribution < 1.29 is 4.42 Å². The van der Waals surface area contributed by atoms with Gasteiger partial charge in [-0.2, -0.15) is 11.8 Å². The second-order valence-corrected chi connectivity index (χ2v) is 5.88. The third-order valence-corrected chi connectivity index (χ3v) is 3.97. The molecule has 0 bridgehead atoms. The summed E-state index contributed by atoms with van der Waals surface area (Å²) in [5.41, 5.74) is 1.81. The first-order chi connectivity index (χ1) is 11.3. The number of nitrogens with zero attached hydrogens (tertiary/aromatic N) is 2. The van der Waals surface area contributed by atoms with Crippen LogP contribution in [-0.4, -0.2) is 36.0 Å². The summed E-state index contributed by atoms with van der Waals surface area (Å²) in [5, 5.41) is 6.49. The first-order valence-corrected chi connectivity index (χ1v) is 8.62. The minimum atomic E-state index is 0. The SMILES string of the molecule is C=CCSCCNC(=NC)NCc1coc(-c2ccccc2)n1.I. The minimum absolute atomic E-state index is 0. The second kappa shape index (κ2) is 12.0. The van der Waals surface area contributed by atoms with Crippen LogP contribution < -0.4 is 10.6 Å². The molecule has 2 aromatic rings. The van der Waals surface area contributed by atoms with Gasteiger partial charge in [0.1, 0.15) is 6.26 Å². The van der Waals surface area contributed by atoms with Crippen molar-refractivity contribution in [3.63, 3.8) is 0 Å². The van der Waals surface area contributed by atoms with Gasteiger partial charge < -0.3 is 15.1 Å². The number of halogens is 1. The molecule has 2 rings (SSSR count). The van der Waals surface area contributed by atoms with Crippen LogP contribution in [0.15, 0.2) is 58.7 Å². The van der Waals surface area contributed by atoms with Gasteiger partial charge in [-0.05, 0) is 12.1 Å². The lowest BCUT2D eigenvalue weighted by Crippen LogP contribution is -2.38. The van der Waals surface area contributed by atoms with Crippen LogP contribution in [-0.2, 0) is 6.54 Å². The van der Waals surface area contributed by atoms with Crippen LogP contribution in [0.1, 0.15) is 5.69 Å². The van der Waals surface area contributed by atoms with E-state index in [0.29, 0.717) is 12.4 Å². The van der Waals surface area contributed by atoms with E-state index in [9.17, 15) is 0 Å². The number of hydrogen-bond donors (Lipinski definition) is 2. The summed E-state index contributed by atoms with van der Waals surface area (Å²) in [7, 11) is 1.75. The summed E-state index contributed by atoms with van der Waals surface area (Å²) in [6.07, 6.45) is 3.58. The fourth-order valence-electron chi connectivity index (χ4n) is 1.90. The molecule has 0 saturated heterocycles. The smallest absolute Gasteiger partial charge is 0.226 e. The zero-order valence-corrected chi connectivity index (χ0v) is 16.8. The van der Waals surface area contributed by atoms with Crippen molar-refractivity contribution in [1.29, 1.82) is 0 Å². The topological polar surface area (TPSA) is 62.5 Å². The van der Waals surface area contributed by atoms with E-state index in [2.05, 4.69) is 27.2 Å². The Morgan fingerprint density at radius 3 is 2.83 bits per heavy atom. The Bertz CT molecular complexity index is 631. The van der Waals surface area contributed by atoms with Crippen LogP contribution in [0.25, 0.3) is 11.5 Å². The quantitative estimate of drug-likeness (QED) is 0.208. The van der Waals surface area contributed by atoms with Gasteiger partial charge in [0.15, 0.2) is 5.96 Å². The summed E-state index contributed by atoms with van der Waals surface area (Å²) in [4.78, 5) is 8.67. The van der Waals surface area contributed by atoms with Gasteiger partial charge in [-0.25, -0.2) is 4.98 Å². The van der Waals surface area contributed by atoms with Crippen molar-refractivity contribution in [1.82, 2.24) is 15.6 Å². The van der Waals surface area contributed by atoms with E-state index in [0.717, 1.165) is 35.3 Å². The van der Waals surface area contributed by atoms with Crippen molar-refractivity contribution in [2.75, 3.05) is 25.1 Å². The fraction of sp³-hybridized carbons (Fsp3) is 0.294. The van der Waals surface area contributed by atoms with Crippen LogP contribution >= 0.6 is 35.7 Å². The number of aromatic nitrogens is 1. The molecule has 2 N–H and O–H groups in total.